The summed E-state index contributed by atoms with van der Waals surface area (Å²) in [6.07, 6.45) is 3.65. The van der Waals surface area contributed by atoms with Gasteiger partial charge >= 0.3 is 6.03 Å². The van der Waals surface area contributed by atoms with Crippen LogP contribution in [-0.2, 0) is 0 Å². The zero-order valence-corrected chi connectivity index (χ0v) is 18.1. The van der Waals surface area contributed by atoms with Crippen LogP contribution >= 0.6 is 11.3 Å². The fourth-order valence-electron chi connectivity index (χ4n) is 4.22. The van der Waals surface area contributed by atoms with Gasteiger partial charge in [-0.3, -0.25) is 9.69 Å². The lowest BCUT2D eigenvalue weighted by atomic mass is 10.1. The normalized spacial score (nSPS) is 18.1. The van der Waals surface area contributed by atoms with E-state index >= 15 is 0 Å². The molecule has 0 bridgehead atoms. The molecule has 1 fully saturated rings. The van der Waals surface area contributed by atoms with Crippen LogP contribution in [0.25, 0.3) is 10.2 Å². The van der Waals surface area contributed by atoms with Crippen LogP contribution in [0.4, 0.5) is 21.9 Å². The number of benzene rings is 1. The number of carbonyl (C=O) groups is 2. The molecule has 3 amide bonds. The summed E-state index contributed by atoms with van der Waals surface area (Å²) in [7, 11) is 1.61. The summed E-state index contributed by atoms with van der Waals surface area (Å²) in [5.41, 5.74) is 2.91. The smallest absolute Gasteiger partial charge is 0.331 e. The molecule has 5 rings (SSSR count). The molecule has 0 unspecified atom stereocenters. The first-order valence-electron chi connectivity index (χ1n) is 10.3. The third-order valence-electron chi connectivity index (χ3n) is 5.73. The minimum absolute atomic E-state index is 0.0869. The largest absolute Gasteiger partial charge is 0.497 e. The number of carbonyl (C=O) groups excluding carboxylic acids is 2. The molecule has 8 nitrogen and oxygen atoms in total. The number of hydrogen-bond donors (Lipinski definition) is 3. The predicted molar refractivity (Wildman–Crippen MR) is 122 cm³/mol. The standard InChI is InChI=1S/C22H23N5O3S/c1-12-10-14(30-2)5-6-15(12)27-16-7-9-24-21-17(16)18(26-22(27)29)19(31-21)20(28)25-13-4-3-8-23-11-13/h5-7,9-10,13,23H,3-4,8,11H2,1-2H3,(H,25,28)(H,26,29)/t13-/m1/s1. The molecule has 0 radical (unpaired) electrons. The van der Waals surface area contributed by atoms with E-state index in [0.29, 0.717) is 16.3 Å². The molecular weight excluding hydrogens is 414 g/mol. The number of rotatable bonds is 4. The van der Waals surface area contributed by atoms with E-state index in [0.717, 1.165) is 53.1 Å². The molecule has 3 aromatic rings. The Bertz CT molecular complexity index is 1190. The summed E-state index contributed by atoms with van der Waals surface area (Å²) in [5.74, 6) is 0.554. The highest BCUT2D eigenvalue weighted by Crippen LogP contribution is 2.46. The Balaban J connectivity index is 1.56. The van der Waals surface area contributed by atoms with Gasteiger partial charge in [0.25, 0.3) is 5.91 Å². The highest BCUT2D eigenvalue weighted by Gasteiger charge is 2.33. The van der Waals surface area contributed by atoms with Crippen molar-refractivity contribution in [3.05, 3.63) is 40.9 Å². The average molecular weight is 438 g/mol. The second-order valence-electron chi connectivity index (χ2n) is 7.75. The molecule has 4 heterocycles. The molecule has 1 aromatic carbocycles. The second-order valence-corrected chi connectivity index (χ2v) is 8.75. The number of aromatic nitrogens is 1. The Morgan fingerprint density at radius 3 is 2.94 bits per heavy atom. The van der Waals surface area contributed by atoms with Gasteiger partial charge in [-0.15, -0.1) is 11.3 Å². The Morgan fingerprint density at radius 1 is 1.32 bits per heavy atom. The Kier molecular flexibility index (Phi) is 4.99. The van der Waals surface area contributed by atoms with Gasteiger partial charge in [-0.1, -0.05) is 0 Å². The number of nitrogens with one attached hydrogen (secondary N) is 3. The fourth-order valence-corrected chi connectivity index (χ4v) is 5.24. The van der Waals surface area contributed by atoms with E-state index in [-0.39, 0.29) is 18.0 Å². The Labute approximate surface area is 183 Å². The van der Waals surface area contributed by atoms with E-state index in [1.165, 1.54) is 11.3 Å². The van der Waals surface area contributed by atoms with Gasteiger partial charge in [0, 0.05) is 18.8 Å². The van der Waals surface area contributed by atoms with E-state index in [4.69, 9.17) is 4.74 Å². The molecular formula is C22H23N5O3S. The molecule has 160 valence electrons. The fraction of sp³-hybridized carbons (Fsp3) is 0.318. The molecule has 0 spiro atoms. The lowest BCUT2D eigenvalue weighted by Crippen LogP contribution is -2.45. The van der Waals surface area contributed by atoms with Crippen LogP contribution in [0.1, 0.15) is 28.1 Å². The second kappa shape index (κ2) is 7.82. The molecule has 2 aromatic heterocycles. The molecule has 9 heteroatoms. The van der Waals surface area contributed by atoms with Crippen LogP contribution in [0, 0.1) is 6.92 Å². The summed E-state index contributed by atoms with van der Waals surface area (Å²) in [4.78, 5) is 33.5. The maximum atomic E-state index is 13.2. The van der Waals surface area contributed by atoms with E-state index in [2.05, 4.69) is 20.9 Å². The number of amides is 3. The topological polar surface area (TPSA) is 95.6 Å². The minimum Gasteiger partial charge on any atom is -0.497 e. The van der Waals surface area contributed by atoms with Crippen molar-refractivity contribution >= 4 is 50.6 Å². The number of thiophene rings is 1. The van der Waals surface area contributed by atoms with Crippen molar-refractivity contribution in [2.24, 2.45) is 0 Å². The molecule has 1 saturated heterocycles. The number of urea groups is 1. The highest BCUT2D eigenvalue weighted by molar-refractivity contribution is 7.21. The zero-order valence-electron chi connectivity index (χ0n) is 17.3. The maximum absolute atomic E-state index is 13.2. The van der Waals surface area contributed by atoms with Crippen LogP contribution in [0.5, 0.6) is 5.75 Å². The van der Waals surface area contributed by atoms with Crippen molar-refractivity contribution in [2.45, 2.75) is 25.8 Å². The molecule has 2 aliphatic heterocycles. The number of methoxy groups -OCH3 is 1. The van der Waals surface area contributed by atoms with Crippen molar-refractivity contribution in [3.8, 4) is 5.75 Å². The molecule has 1 atom stereocenters. The number of piperidine rings is 1. The van der Waals surface area contributed by atoms with Gasteiger partial charge in [-0.25, -0.2) is 9.78 Å². The van der Waals surface area contributed by atoms with E-state index in [1.807, 2.05) is 31.2 Å². The maximum Gasteiger partial charge on any atom is 0.331 e. The van der Waals surface area contributed by atoms with Crippen LogP contribution in [0.2, 0.25) is 0 Å². The molecule has 0 saturated carbocycles. The first kappa shape index (κ1) is 19.8. The van der Waals surface area contributed by atoms with Gasteiger partial charge in [0.2, 0.25) is 0 Å². The van der Waals surface area contributed by atoms with E-state index in [1.54, 1.807) is 18.2 Å². The number of hydrogen-bond acceptors (Lipinski definition) is 6. The van der Waals surface area contributed by atoms with Crippen molar-refractivity contribution < 1.29 is 14.3 Å². The lowest BCUT2D eigenvalue weighted by Gasteiger charge is -2.29. The van der Waals surface area contributed by atoms with Crippen molar-refractivity contribution in [1.82, 2.24) is 15.6 Å². The number of ether oxygens (including phenoxy) is 1. The van der Waals surface area contributed by atoms with Crippen LogP contribution in [0.3, 0.4) is 0 Å². The van der Waals surface area contributed by atoms with Crippen LogP contribution < -0.4 is 25.6 Å². The average Bonchev–Trinajstić information content (AvgIpc) is 3.15. The van der Waals surface area contributed by atoms with Gasteiger partial charge in [0.1, 0.15) is 15.5 Å². The first-order valence-corrected chi connectivity index (χ1v) is 11.1. The van der Waals surface area contributed by atoms with Crippen molar-refractivity contribution in [1.29, 1.82) is 0 Å². The zero-order chi connectivity index (χ0) is 21.5. The monoisotopic (exact) mass is 437 g/mol. The Hall–Kier alpha value is -3.17. The van der Waals surface area contributed by atoms with Gasteiger partial charge in [-0.05, 0) is 56.1 Å². The highest BCUT2D eigenvalue weighted by atomic mass is 32.1. The van der Waals surface area contributed by atoms with Crippen molar-refractivity contribution in [2.75, 3.05) is 30.4 Å². The summed E-state index contributed by atoms with van der Waals surface area (Å²) in [6.45, 7) is 3.67. The third kappa shape index (κ3) is 3.39. The summed E-state index contributed by atoms with van der Waals surface area (Å²) in [6, 6.07) is 7.17. The first-order chi connectivity index (χ1) is 15.1. The van der Waals surface area contributed by atoms with Gasteiger partial charge < -0.3 is 20.7 Å². The summed E-state index contributed by atoms with van der Waals surface area (Å²) >= 11 is 1.30. The quantitative estimate of drug-likeness (QED) is 0.577. The summed E-state index contributed by atoms with van der Waals surface area (Å²) < 4.78 is 5.29. The van der Waals surface area contributed by atoms with Gasteiger partial charge in [0.15, 0.2) is 0 Å². The van der Waals surface area contributed by atoms with E-state index in [9.17, 15) is 9.59 Å². The molecule has 31 heavy (non-hydrogen) atoms. The predicted octanol–water partition coefficient (Wildman–Crippen LogP) is 3.78. The molecule has 0 aliphatic carbocycles. The number of anilines is 3. The van der Waals surface area contributed by atoms with Crippen LogP contribution in [0.15, 0.2) is 30.5 Å². The number of nitrogens with zero attached hydrogens (tertiary/aromatic N) is 2. The van der Waals surface area contributed by atoms with E-state index < -0.39 is 0 Å². The minimum atomic E-state index is -0.306. The van der Waals surface area contributed by atoms with Crippen molar-refractivity contribution in [3.63, 3.8) is 0 Å². The van der Waals surface area contributed by atoms with Gasteiger partial charge in [0.05, 0.1) is 29.6 Å². The van der Waals surface area contributed by atoms with Crippen LogP contribution in [-0.4, -0.2) is 43.2 Å². The molecule has 3 N–H and O–H groups in total. The lowest BCUT2D eigenvalue weighted by molar-refractivity contribution is 0.0935. The summed E-state index contributed by atoms with van der Waals surface area (Å²) in [5, 5.41) is 10.1. The van der Waals surface area contributed by atoms with Gasteiger partial charge in [-0.2, -0.15) is 0 Å². The third-order valence-corrected chi connectivity index (χ3v) is 6.83. The number of aryl methyl sites for hydroxylation is 1. The molecule has 2 aliphatic rings. The number of pyridine rings is 1. The SMILES string of the molecule is COc1ccc(N2C(=O)Nc3c(C(=O)N[C@@H]4CCCNC4)sc4nccc2c34)c(C)c1. The Morgan fingerprint density at radius 2 is 2.19 bits per heavy atom.